The van der Waals surface area contributed by atoms with Crippen molar-refractivity contribution >= 4 is 0 Å². The number of rotatable bonds is 6. The van der Waals surface area contributed by atoms with Gasteiger partial charge in [-0.3, -0.25) is 0 Å². The third kappa shape index (κ3) is 2.96. The lowest BCUT2D eigenvalue weighted by Crippen LogP contribution is -2.54. The van der Waals surface area contributed by atoms with E-state index in [1.165, 1.54) is 19.3 Å². The summed E-state index contributed by atoms with van der Waals surface area (Å²) in [5.74, 6) is 1.04. The first-order valence-corrected chi connectivity index (χ1v) is 7.11. The number of nitrogens with one attached hydrogen (secondary N) is 1. The summed E-state index contributed by atoms with van der Waals surface area (Å²) in [6, 6.07) is 4.36. The van der Waals surface area contributed by atoms with Crippen LogP contribution >= 0.6 is 0 Å². The highest BCUT2D eigenvalue weighted by Crippen LogP contribution is 2.35. The Balaban J connectivity index is 2.10. The SMILES string of the molecule is CCNC(Cc1ccco1)C1(OC)CCCCC1. The van der Waals surface area contributed by atoms with Gasteiger partial charge in [-0.25, -0.2) is 0 Å². The molecular formula is C15H25NO2. The third-order valence-electron chi connectivity index (χ3n) is 4.18. The van der Waals surface area contributed by atoms with E-state index in [1.807, 2.05) is 13.2 Å². The van der Waals surface area contributed by atoms with Crippen molar-refractivity contribution in [2.24, 2.45) is 0 Å². The fraction of sp³-hybridized carbons (Fsp3) is 0.733. The highest BCUT2D eigenvalue weighted by Gasteiger charge is 2.39. The number of furan rings is 1. The molecule has 1 aromatic rings. The van der Waals surface area contributed by atoms with Crippen LogP contribution in [0.4, 0.5) is 0 Å². The molecule has 1 aromatic heterocycles. The highest BCUT2D eigenvalue weighted by atomic mass is 16.5. The van der Waals surface area contributed by atoms with E-state index >= 15 is 0 Å². The van der Waals surface area contributed by atoms with Gasteiger partial charge in [0.25, 0.3) is 0 Å². The molecule has 0 amide bonds. The fourth-order valence-corrected chi connectivity index (χ4v) is 3.17. The van der Waals surface area contributed by atoms with Crippen molar-refractivity contribution in [2.45, 2.75) is 57.1 Å². The van der Waals surface area contributed by atoms with Crippen LogP contribution in [0.5, 0.6) is 0 Å². The van der Waals surface area contributed by atoms with Gasteiger partial charge < -0.3 is 14.5 Å². The molecule has 1 N–H and O–H groups in total. The summed E-state index contributed by atoms with van der Waals surface area (Å²) in [5.41, 5.74) is -0.0128. The summed E-state index contributed by atoms with van der Waals surface area (Å²) >= 11 is 0. The summed E-state index contributed by atoms with van der Waals surface area (Å²) in [5, 5.41) is 3.60. The first-order valence-electron chi connectivity index (χ1n) is 7.11. The van der Waals surface area contributed by atoms with Gasteiger partial charge in [-0.05, 0) is 31.5 Å². The van der Waals surface area contributed by atoms with Gasteiger partial charge >= 0.3 is 0 Å². The van der Waals surface area contributed by atoms with Crippen LogP contribution < -0.4 is 5.32 Å². The minimum absolute atomic E-state index is 0.0128. The van der Waals surface area contributed by atoms with Gasteiger partial charge in [0.1, 0.15) is 5.76 Å². The normalized spacial score (nSPS) is 20.8. The average Bonchev–Trinajstić information content (AvgIpc) is 2.92. The van der Waals surface area contributed by atoms with Gasteiger partial charge in [0, 0.05) is 19.6 Å². The zero-order chi connectivity index (χ0) is 12.8. The zero-order valence-corrected chi connectivity index (χ0v) is 11.6. The Morgan fingerprint density at radius 1 is 1.39 bits per heavy atom. The summed E-state index contributed by atoms with van der Waals surface area (Å²) in [6.07, 6.45) is 8.85. The third-order valence-corrected chi connectivity index (χ3v) is 4.18. The number of hydrogen-bond donors (Lipinski definition) is 1. The number of hydrogen-bond acceptors (Lipinski definition) is 3. The summed E-state index contributed by atoms with van der Waals surface area (Å²) in [6.45, 7) is 3.12. The van der Waals surface area contributed by atoms with E-state index in [1.54, 1.807) is 6.26 Å². The maximum absolute atomic E-state index is 5.94. The number of methoxy groups -OCH3 is 1. The maximum Gasteiger partial charge on any atom is 0.105 e. The van der Waals surface area contributed by atoms with E-state index in [2.05, 4.69) is 18.3 Å². The van der Waals surface area contributed by atoms with Gasteiger partial charge in [0.2, 0.25) is 0 Å². The molecule has 2 rings (SSSR count). The van der Waals surface area contributed by atoms with Gasteiger partial charge in [-0.15, -0.1) is 0 Å². The summed E-state index contributed by atoms with van der Waals surface area (Å²) < 4.78 is 11.4. The molecule has 1 aliphatic carbocycles. The van der Waals surface area contributed by atoms with Crippen LogP contribution in [0.25, 0.3) is 0 Å². The molecule has 1 atom stereocenters. The number of likely N-dealkylation sites (N-methyl/N-ethyl adjacent to an activating group) is 1. The van der Waals surface area contributed by atoms with Crippen LogP contribution in [-0.4, -0.2) is 25.3 Å². The van der Waals surface area contributed by atoms with Gasteiger partial charge in [-0.1, -0.05) is 26.2 Å². The summed E-state index contributed by atoms with van der Waals surface area (Å²) in [4.78, 5) is 0. The van der Waals surface area contributed by atoms with E-state index in [4.69, 9.17) is 9.15 Å². The molecule has 0 aromatic carbocycles. The van der Waals surface area contributed by atoms with Crippen LogP contribution in [0, 0.1) is 0 Å². The smallest absolute Gasteiger partial charge is 0.105 e. The van der Waals surface area contributed by atoms with Crippen molar-refractivity contribution in [3.63, 3.8) is 0 Å². The first-order chi connectivity index (χ1) is 8.80. The molecule has 0 saturated heterocycles. The molecule has 0 spiro atoms. The Kier molecular flexibility index (Phi) is 4.84. The molecule has 3 nitrogen and oxygen atoms in total. The Morgan fingerprint density at radius 3 is 2.72 bits per heavy atom. The number of ether oxygens (including phenoxy) is 1. The molecule has 0 radical (unpaired) electrons. The molecule has 0 aliphatic heterocycles. The van der Waals surface area contributed by atoms with Crippen LogP contribution in [0.2, 0.25) is 0 Å². The van der Waals surface area contributed by atoms with Gasteiger partial charge in [0.15, 0.2) is 0 Å². The van der Waals surface area contributed by atoms with Crippen LogP contribution in [-0.2, 0) is 11.2 Å². The standard InChI is InChI=1S/C15H25NO2/c1-3-16-14(12-13-8-7-11-18-13)15(17-2)9-5-4-6-10-15/h7-8,11,14,16H,3-6,9-10,12H2,1-2H3. The maximum atomic E-state index is 5.94. The second-order valence-electron chi connectivity index (χ2n) is 5.22. The van der Waals surface area contributed by atoms with Crippen molar-refractivity contribution in [1.29, 1.82) is 0 Å². The van der Waals surface area contributed by atoms with Crippen molar-refractivity contribution in [1.82, 2.24) is 5.32 Å². The van der Waals surface area contributed by atoms with Gasteiger partial charge in [-0.2, -0.15) is 0 Å². The Morgan fingerprint density at radius 2 is 2.17 bits per heavy atom. The van der Waals surface area contributed by atoms with Crippen LogP contribution in [0.15, 0.2) is 22.8 Å². The predicted molar refractivity (Wildman–Crippen MR) is 72.7 cm³/mol. The Labute approximate surface area is 110 Å². The predicted octanol–water partition coefficient (Wildman–Crippen LogP) is 3.15. The lowest BCUT2D eigenvalue weighted by Gasteiger charge is -2.42. The molecule has 1 fully saturated rings. The molecule has 1 heterocycles. The van der Waals surface area contributed by atoms with E-state index in [9.17, 15) is 0 Å². The highest BCUT2D eigenvalue weighted by molar-refractivity contribution is 5.06. The Bertz CT molecular complexity index is 328. The van der Waals surface area contributed by atoms with Crippen LogP contribution in [0.3, 0.4) is 0 Å². The van der Waals surface area contributed by atoms with E-state index < -0.39 is 0 Å². The molecule has 102 valence electrons. The first kappa shape index (κ1) is 13.6. The molecule has 3 heteroatoms. The molecule has 1 saturated carbocycles. The van der Waals surface area contributed by atoms with E-state index in [-0.39, 0.29) is 5.60 Å². The topological polar surface area (TPSA) is 34.4 Å². The van der Waals surface area contributed by atoms with Crippen molar-refractivity contribution in [2.75, 3.05) is 13.7 Å². The monoisotopic (exact) mass is 251 g/mol. The second kappa shape index (κ2) is 6.39. The average molecular weight is 251 g/mol. The fourth-order valence-electron chi connectivity index (χ4n) is 3.17. The minimum atomic E-state index is -0.0128. The molecule has 1 unspecified atom stereocenters. The van der Waals surface area contributed by atoms with E-state index in [0.717, 1.165) is 31.6 Å². The largest absolute Gasteiger partial charge is 0.469 e. The lowest BCUT2D eigenvalue weighted by molar-refractivity contribution is -0.0678. The van der Waals surface area contributed by atoms with Crippen molar-refractivity contribution < 1.29 is 9.15 Å². The van der Waals surface area contributed by atoms with Crippen molar-refractivity contribution in [3.05, 3.63) is 24.2 Å². The molecule has 0 bridgehead atoms. The quantitative estimate of drug-likeness (QED) is 0.843. The molecular weight excluding hydrogens is 226 g/mol. The summed E-state index contributed by atoms with van der Waals surface area (Å²) in [7, 11) is 1.86. The molecule has 1 aliphatic rings. The van der Waals surface area contributed by atoms with Crippen LogP contribution in [0.1, 0.15) is 44.8 Å². The lowest BCUT2D eigenvalue weighted by atomic mass is 9.77. The molecule has 18 heavy (non-hydrogen) atoms. The van der Waals surface area contributed by atoms with Crippen molar-refractivity contribution in [3.8, 4) is 0 Å². The van der Waals surface area contributed by atoms with Gasteiger partial charge in [0.05, 0.1) is 11.9 Å². The zero-order valence-electron chi connectivity index (χ0n) is 11.6. The second-order valence-corrected chi connectivity index (χ2v) is 5.22. The van der Waals surface area contributed by atoms with E-state index in [0.29, 0.717) is 6.04 Å². The Hall–Kier alpha value is -0.800. The minimum Gasteiger partial charge on any atom is -0.469 e.